The molecule has 0 aliphatic carbocycles. The summed E-state index contributed by atoms with van der Waals surface area (Å²) < 4.78 is 6.82. The van der Waals surface area contributed by atoms with Crippen LogP contribution in [-0.2, 0) is 0 Å². The first kappa shape index (κ1) is 9.02. The van der Waals surface area contributed by atoms with Crippen molar-refractivity contribution in [2.75, 3.05) is 5.32 Å². The average Bonchev–Trinajstić information content (AvgIpc) is 2.80. The minimum absolute atomic E-state index is 0.0758. The number of furan rings is 1. The highest BCUT2D eigenvalue weighted by Crippen LogP contribution is 2.34. The third-order valence-corrected chi connectivity index (χ3v) is 2.69. The fourth-order valence-corrected chi connectivity index (χ4v) is 2.01. The second-order valence-corrected chi connectivity index (χ2v) is 3.69. The molecule has 82 valence electrons. The number of fused-ring (bicyclic) bond motifs is 3. The monoisotopic (exact) mass is 219 g/mol. The Morgan fingerprint density at radius 1 is 1.62 bits per heavy atom. The summed E-state index contributed by atoms with van der Waals surface area (Å²) in [5, 5.41) is 12.2. The third-order valence-electron chi connectivity index (χ3n) is 2.69. The second-order valence-electron chi connectivity index (χ2n) is 3.69. The lowest BCUT2D eigenvalue weighted by Gasteiger charge is -2.23. The highest BCUT2D eigenvalue weighted by molar-refractivity contribution is 5.88. The molecule has 0 aromatic carbocycles. The van der Waals surface area contributed by atoms with E-state index in [1.165, 1.54) is 6.33 Å². The van der Waals surface area contributed by atoms with Gasteiger partial charge in [0.25, 0.3) is 0 Å². The maximum absolute atomic E-state index is 11.0. The molecule has 0 saturated heterocycles. The number of imidazole rings is 1. The van der Waals surface area contributed by atoms with Crippen LogP contribution in [-0.4, -0.2) is 20.6 Å². The van der Waals surface area contributed by atoms with Gasteiger partial charge in [-0.2, -0.15) is 0 Å². The molecule has 2 N–H and O–H groups in total. The molecule has 1 aliphatic heterocycles. The molecular formula is C10H9N3O3. The molecule has 3 rings (SSSR count). The molecule has 0 amide bonds. The predicted molar refractivity (Wildman–Crippen MR) is 54.8 cm³/mol. The number of rotatable bonds is 1. The number of anilines is 1. The van der Waals surface area contributed by atoms with Crippen molar-refractivity contribution in [3.05, 3.63) is 30.2 Å². The number of hydrogen-bond acceptors (Lipinski definition) is 4. The van der Waals surface area contributed by atoms with Crippen molar-refractivity contribution in [3.63, 3.8) is 0 Å². The standard InChI is InChI=1S/C10H9N3O3/c1-5-9-8(10(14)15)11-4-13(9)7-3-16-2-6(7)12-5/h2-5,12H,1H3,(H,14,15)/t5-/m0/s1. The Kier molecular flexibility index (Phi) is 1.62. The summed E-state index contributed by atoms with van der Waals surface area (Å²) in [5.41, 5.74) is 2.34. The Morgan fingerprint density at radius 2 is 2.44 bits per heavy atom. The summed E-state index contributed by atoms with van der Waals surface area (Å²) >= 11 is 0. The van der Waals surface area contributed by atoms with Crippen LogP contribution < -0.4 is 5.32 Å². The van der Waals surface area contributed by atoms with Gasteiger partial charge in [0, 0.05) is 0 Å². The summed E-state index contributed by atoms with van der Waals surface area (Å²) in [6.45, 7) is 1.88. The normalized spacial score (nSPS) is 17.4. The van der Waals surface area contributed by atoms with Crippen LogP contribution in [0.1, 0.15) is 29.1 Å². The molecule has 1 atom stereocenters. The lowest BCUT2D eigenvalue weighted by Crippen LogP contribution is -2.20. The number of aromatic carboxylic acids is 1. The van der Waals surface area contributed by atoms with Crippen molar-refractivity contribution < 1.29 is 14.3 Å². The molecule has 6 heteroatoms. The highest BCUT2D eigenvalue weighted by Gasteiger charge is 2.28. The Bertz CT molecular complexity index is 570. The van der Waals surface area contributed by atoms with E-state index in [2.05, 4.69) is 10.3 Å². The largest absolute Gasteiger partial charge is 0.476 e. The zero-order valence-electron chi connectivity index (χ0n) is 8.47. The molecule has 0 unspecified atom stereocenters. The van der Waals surface area contributed by atoms with Crippen molar-refractivity contribution >= 4 is 11.7 Å². The van der Waals surface area contributed by atoms with E-state index in [1.807, 2.05) is 6.92 Å². The SMILES string of the molecule is C[C@@H]1Nc2cocc2-n2cnc(C(=O)O)c21. The smallest absolute Gasteiger partial charge is 0.356 e. The quantitative estimate of drug-likeness (QED) is 0.762. The molecule has 1 aliphatic rings. The average molecular weight is 219 g/mol. The number of carboxylic acid groups (broad SMARTS) is 1. The number of carboxylic acids is 1. The van der Waals surface area contributed by atoms with Gasteiger partial charge in [-0.25, -0.2) is 9.78 Å². The van der Waals surface area contributed by atoms with Crippen LogP contribution in [0.4, 0.5) is 5.69 Å². The molecule has 6 nitrogen and oxygen atoms in total. The third kappa shape index (κ3) is 1.01. The van der Waals surface area contributed by atoms with Crippen LogP contribution in [0, 0.1) is 0 Å². The molecule has 3 heterocycles. The van der Waals surface area contributed by atoms with Crippen LogP contribution in [0.2, 0.25) is 0 Å². The number of hydrogen-bond donors (Lipinski definition) is 2. The van der Waals surface area contributed by atoms with E-state index < -0.39 is 5.97 Å². The highest BCUT2D eigenvalue weighted by atomic mass is 16.4. The van der Waals surface area contributed by atoms with Gasteiger partial charge in [-0.1, -0.05) is 0 Å². The number of nitrogens with one attached hydrogen (secondary N) is 1. The van der Waals surface area contributed by atoms with E-state index >= 15 is 0 Å². The molecule has 0 spiro atoms. The Labute approximate surface area is 90.5 Å². The van der Waals surface area contributed by atoms with Gasteiger partial charge in [0.1, 0.15) is 24.5 Å². The summed E-state index contributed by atoms with van der Waals surface area (Å²) in [7, 11) is 0. The van der Waals surface area contributed by atoms with Crippen molar-refractivity contribution in [3.8, 4) is 5.69 Å². The number of carbonyl (C=O) groups is 1. The summed E-state index contributed by atoms with van der Waals surface area (Å²) in [5.74, 6) is -1.02. The molecule has 0 bridgehead atoms. The maximum Gasteiger partial charge on any atom is 0.356 e. The molecule has 16 heavy (non-hydrogen) atoms. The van der Waals surface area contributed by atoms with Gasteiger partial charge in [-0.15, -0.1) is 0 Å². The van der Waals surface area contributed by atoms with E-state index in [9.17, 15) is 4.79 Å². The summed E-state index contributed by atoms with van der Waals surface area (Å²) in [6.07, 6.45) is 4.66. The minimum atomic E-state index is -1.02. The van der Waals surface area contributed by atoms with Gasteiger partial charge in [-0.05, 0) is 6.92 Å². The van der Waals surface area contributed by atoms with E-state index in [0.29, 0.717) is 5.69 Å². The lowest BCUT2D eigenvalue weighted by molar-refractivity contribution is 0.0689. The Morgan fingerprint density at radius 3 is 3.19 bits per heavy atom. The van der Waals surface area contributed by atoms with Crippen LogP contribution in [0.3, 0.4) is 0 Å². The Hall–Kier alpha value is -2.24. The first-order valence-corrected chi connectivity index (χ1v) is 4.82. The first-order chi connectivity index (χ1) is 7.68. The number of nitrogens with zero attached hydrogens (tertiary/aromatic N) is 2. The van der Waals surface area contributed by atoms with Crippen LogP contribution in [0.25, 0.3) is 5.69 Å². The van der Waals surface area contributed by atoms with Crippen molar-refractivity contribution in [2.24, 2.45) is 0 Å². The van der Waals surface area contributed by atoms with Crippen molar-refractivity contribution in [1.29, 1.82) is 0 Å². The van der Waals surface area contributed by atoms with E-state index in [-0.39, 0.29) is 11.7 Å². The maximum atomic E-state index is 11.0. The Balaban J connectivity index is 2.27. The predicted octanol–water partition coefficient (Wildman–Crippen LogP) is 1.65. The van der Waals surface area contributed by atoms with Gasteiger partial charge in [0.05, 0.1) is 17.4 Å². The zero-order chi connectivity index (χ0) is 11.3. The van der Waals surface area contributed by atoms with Crippen molar-refractivity contribution in [1.82, 2.24) is 9.55 Å². The molecule has 0 saturated carbocycles. The topological polar surface area (TPSA) is 80.3 Å². The van der Waals surface area contributed by atoms with E-state index in [0.717, 1.165) is 11.4 Å². The van der Waals surface area contributed by atoms with Crippen molar-refractivity contribution in [2.45, 2.75) is 13.0 Å². The molecule has 2 aromatic heterocycles. The molecule has 0 radical (unpaired) electrons. The molecule has 2 aromatic rings. The van der Waals surface area contributed by atoms with Crippen LogP contribution >= 0.6 is 0 Å². The molecule has 0 fully saturated rings. The lowest BCUT2D eigenvalue weighted by atomic mass is 10.1. The van der Waals surface area contributed by atoms with Gasteiger partial charge >= 0.3 is 5.97 Å². The summed E-state index contributed by atoms with van der Waals surface area (Å²) in [4.78, 5) is 14.9. The van der Waals surface area contributed by atoms with E-state index in [4.69, 9.17) is 9.52 Å². The second kappa shape index (κ2) is 2.88. The minimum Gasteiger partial charge on any atom is -0.476 e. The van der Waals surface area contributed by atoms with Gasteiger partial charge in [0.2, 0.25) is 0 Å². The fraction of sp³-hybridized carbons (Fsp3) is 0.200. The zero-order valence-corrected chi connectivity index (χ0v) is 8.47. The summed E-state index contributed by atoms with van der Waals surface area (Å²) in [6, 6.07) is -0.112. The van der Waals surface area contributed by atoms with Crippen LogP contribution in [0.5, 0.6) is 0 Å². The van der Waals surface area contributed by atoms with Gasteiger partial charge in [-0.3, -0.25) is 4.57 Å². The number of aromatic nitrogens is 2. The first-order valence-electron chi connectivity index (χ1n) is 4.82. The van der Waals surface area contributed by atoms with Gasteiger partial charge in [0.15, 0.2) is 5.69 Å². The van der Waals surface area contributed by atoms with Gasteiger partial charge < -0.3 is 14.8 Å². The van der Waals surface area contributed by atoms with E-state index in [1.54, 1.807) is 17.1 Å². The van der Waals surface area contributed by atoms with Crippen LogP contribution in [0.15, 0.2) is 23.3 Å². The molecular weight excluding hydrogens is 210 g/mol. The fourth-order valence-electron chi connectivity index (χ4n) is 2.01.